The number of amides is 4. The summed E-state index contributed by atoms with van der Waals surface area (Å²) in [6, 6.07) is 22.1. The predicted octanol–water partition coefficient (Wildman–Crippen LogP) is 4.20. The van der Waals surface area contributed by atoms with Gasteiger partial charge in [-0.2, -0.15) is 0 Å². The summed E-state index contributed by atoms with van der Waals surface area (Å²) in [4.78, 5) is 57.7. The Labute approximate surface area is 227 Å². The second-order valence-corrected chi connectivity index (χ2v) is 10.4. The van der Waals surface area contributed by atoms with Crippen LogP contribution in [0.25, 0.3) is 0 Å². The summed E-state index contributed by atoms with van der Waals surface area (Å²) in [6.07, 6.45) is -1.23. The molecule has 39 heavy (non-hydrogen) atoms. The zero-order valence-corrected chi connectivity index (χ0v) is 22.4. The average Bonchev–Trinajstić information content (AvgIpc) is 2.97. The minimum Gasteiger partial charge on any atom is -0.465 e. The van der Waals surface area contributed by atoms with Crippen molar-refractivity contribution in [1.82, 2.24) is 10.2 Å². The van der Waals surface area contributed by atoms with Gasteiger partial charge in [0.2, 0.25) is 5.91 Å². The van der Waals surface area contributed by atoms with Crippen molar-refractivity contribution in [3.63, 3.8) is 0 Å². The maximum atomic E-state index is 14.0. The number of carbonyl (C=O) groups is 4. The first-order valence-corrected chi connectivity index (χ1v) is 12.6. The lowest BCUT2D eigenvalue weighted by Gasteiger charge is -2.39. The zero-order chi connectivity index (χ0) is 28.3. The van der Waals surface area contributed by atoms with Crippen LogP contribution >= 0.6 is 0 Å². The van der Waals surface area contributed by atoms with E-state index in [1.54, 1.807) is 101 Å². The van der Waals surface area contributed by atoms with Crippen LogP contribution in [0.15, 0.2) is 84.9 Å². The third-order valence-corrected chi connectivity index (χ3v) is 6.64. The normalized spacial score (nSPS) is 16.3. The van der Waals surface area contributed by atoms with Crippen LogP contribution in [-0.2, 0) is 20.8 Å². The Morgan fingerprint density at radius 3 is 1.97 bits per heavy atom. The summed E-state index contributed by atoms with van der Waals surface area (Å²) in [5.74, 6) is -2.02. The molecule has 202 valence electrons. The van der Waals surface area contributed by atoms with Crippen molar-refractivity contribution >= 4 is 40.9 Å². The summed E-state index contributed by atoms with van der Waals surface area (Å²) in [5.41, 5.74) is 1.31. The van der Waals surface area contributed by atoms with Crippen LogP contribution < -0.4 is 15.1 Å². The van der Waals surface area contributed by atoms with Gasteiger partial charge in [-0.15, -0.1) is 0 Å². The van der Waals surface area contributed by atoms with E-state index < -0.39 is 41.4 Å². The number of nitrogens with one attached hydrogen (secondary N) is 1. The van der Waals surface area contributed by atoms with Gasteiger partial charge >= 0.3 is 6.09 Å². The average molecular weight is 529 g/mol. The van der Waals surface area contributed by atoms with Crippen LogP contribution in [0.5, 0.6) is 0 Å². The van der Waals surface area contributed by atoms with E-state index in [0.717, 1.165) is 10.5 Å². The number of hydrogen-bond acceptors (Lipinski definition) is 4. The fraction of sp³-hybridized carbons (Fsp3) is 0.267. The number of fused-ring (bicyclic) bond motifs is 1. The Balaban J connectivity index is 1.76. The highest BCUT2D eigenvalue weighted by Crippen LogP contribution is 2.37. The van der Waals surface area contributed by atoms with E-state index in [1.165, 1.54) is 9.80 Å². The van der Waals surface area contributed by atoms with Crippen LogP contribution in [-0.4, -0.2) is 58.5 Å². The molecule has 4 amide bonds. The van der Waals surface area contributed by atoms with Gasteiger partial charge in [-0.1, -0.05) is 60.7 Å². The molecule has 4 rings (SSSR count). The largest absolute Gasteiger partial charge is 0.465 e. The van der Waals surface area contributed by atoms with Crippen molar-refractivity contribution in [1.29, 1.82) is 0 Å². The molecule has 0 radical (unpaired) electrons. The Morgan fingerprint density at radius 2 is 1.41 bits per heavy atom. The molecular weight excluding hydrogens is 496 g/mol. The van der Waals surface area contributed by atoms with Gasteiger partial charge in [-0.25, -0.2) is 4.79 Å². The molecule has 0 bridgehead atoms. The zero-order valence-electron chi connectivity index (χ0n) is 22.4. The van der Waals surface area contributed by atoms with Crippen molar-refractivity contribution in [3.8, 4) is 0 Å². The van der Waals surface area contributed by atoms with Crippen LogP contribution in [0.1, 0.15) is 26.3 Å². The highest BCUT2D eigenvalue weighted by atomic mass is 16.4. The molecular formula is C30H32N4O5. The molecule has 0 spiro atoms. The first-order chi connectivity index (χ1) is 18.5. The van der Waals surface area contributed by atoms with Gasteiger partial charge in [0.05, 0.1) is 11.4 Å². The minimum absolute atomic E-state index is 0.0593. The molecule has 3 aromatic rings. The number of carboxylic acid groups (broad SMARTS) is 1. The van der Waals surface area contributed by atoms with E-state index in [9.17, 15) is 24.3 Å². The lowest BCUT2D eigenvalue weighted by molar-refractivity contribution is -0.136. The van der Waals surface area contributed by atoms with E-state index in [1.807, 2.05) is 12.1 Å². The van der Waals surface area contributed by atoms with Gasteiger partial charge in [0, 0.05) is 24.7 Å². The number of likely N-dealkylation sites (N-methyl/N-ethyl adjacent to an activating group) is 1. The minimum atomic E-state index is -1.58. The summed E-state index contributed by atoms with van der Waals surface area (Å²) >= 11 is 0. The molecule has 0 saturated carbocycles. The Kier molecular flexibility index (Phi) is 7.71. The summed E-state index contributed by atoms with van der Waals surface area (Å²) in [5, 5.41) is 12.7. The topological polar surface area (TPSA) is 110 Å². The maximum Gasteiger partial charge on any atom is 0.408 e. The van der Waals surface area contributed by atoms with Gasteiger partial charge in [0.15, 0.2) is 6.04 Å². The number of anilines is 3. The lowest BCUT2D eigenvalue weighted by atomic mass is 9.97. The number of rotatable bonds is 6. The fourth-order valence-electron chi connectivity index (χ4n) is 4.83. The summed E-state index contributed by atoms with van der Waals surface area (Å²) < 4.78 is 0. The molecule has 1 heterocycles. The number of benzene rings is 3. The third-order valence-electron chi connectivity index (χ3n) is 6.64. The Hall–Kier alpha value is -4.66. The molecule has 0 fully saturated rings. The summed E-state index contributed by atoms with van der Waals surface area (Å²) in [6.45, 7) is 5.07. The van der Waals surface area contributed by atoms with Crippen LogP contribution in [0.2, 0.25) is 0 Å². The number of hydrogen-bond donors (Lipinski definition) is 2. The first-order valence-electron chi connectivity index (χ1n) is 12.6. The quantitative estimate of drug-likeness (QED) is 0.466. The van der Waals surface area contributed by atoms with Crippen LogP contribution in [0, 0.1) is 0 Å². The monoisotopic (exact) mass is 528 g/mol. The molecule has 0 saturated heterocycles. The molecule has 9 heteroatoms. The van der Waals surface area contributed by atoms with E-state index in [2.05, 4.69) is 5.32 Å². The van der Waals surface area contributed by atoms with Gasteiger partial charge in [-0.05, 0) is 50.6 Å². The van der Waals surface area contributed by atoms with Crippen LogP contribution in [0.3, 0.4) is 0 Å². The molecule has 9 nitrogen and oxygen atoms in total. The molecule has 2 N–H and O–H groups in total. The predicted molar refractivity (Wildman–Crippen MR) is 149 cm³/mol. The molecule has 1 unspecified atom stereocenters. The van der Waals surface area contributed by atoms with Crippen molar-refractivity contribution in [3.05, 3.63) is 90.5 Å². The van der Waals surface area contributed by atoms with Crippen molar-refractivity contribution in [2.75, 3.05) is 16.8 Å². The van der Waals surface area contributed by atoms with Crippen molar-refractivity contribution in [2.45, 2.75) is 44.8 Å². The van der Waals surface area contributed by atoms with Crippen molar-refractivity contribution in [2.24, 2.45) is 0 Å². The number of nitrogens with zero attached hydrogens (tertiary/aromatic N) is 3. The van der Waals surface area contributed by atoms with Gasteiger partial charge in [0.1, 0.15) is 6.04 Å². The second-order valence-electron chi connectivity index (χ2n) is 10.4. The summed E-state index contributed by atoms with van der Waals surface area (Å²) in [7, 11) is 1.54. The smallest absolute Gasteiger partial charge is 0.408 e. The second kappa shape index (κ2) is 11.0. The van der Waals surface area contributed by atoms with E-state index >= 15 is 0 Å². The Morgan fingerprint density at radius 1 is 0.872 bits per heavy atom. The van der Waals surface area contributed by atoms with Gasteiger partial charge in [0.25, 0.3) is 11.8 Å². The molecule has 1 aliphatic rings. The highest BCUT2D eigenvalue weighted by molar-refractivity contribution is 6.23. The maximum absolute atomic E-state index is 14.0. The third kappa shape index (κ3) is 5.62. The van der Waals surface area contributed by atoms with Crippen LogP contribution in [0.4, 0.5) is 21.9 Å². The van der Waals surface area contributed by atoms with E-state index in [-0.39, 0.29) is 6.42 Å². The molecule has 0 aromatic heterocycles. The molecule has 3 aromatic carbocycles. The van der Waals surface area contributed by atoms with Gasteiger partial charge in [-0.3, -0.25) is 24.2 Å². The SMILES string of the molecule is CN1C(=O)C(NC(=O)[C@H](Cc2ccccc2)N(C(=O)O)C(C)(C)C)C(=O)N(c2ccccc2)c2ccccc21. The molecule has 1 aliphatic heterocycles. The Bertz CT molecular complexity index is 1370. The lowest BCUT2D eigenvalue weighted by Crippen LogP contribution is -2.62. The fourth-order valence-corrected chi connectivity index (χ4v) is 4.83. The standard InChI is InChI=1S/C30H32N4O5/c1-30(2,3)34(29(38)39)24(19-20-13-7-5-8-14-20)26(35)31-25-27(36)32(4)22-17-11-12-18-23(22)33(28(25)37)21-15-9-6-10-16-21/h5-18,24-25H,19H2,1-4H3,(H,31,35)(H,38,39)/t24-,25?/m0/s1. The first kappa shape index (κ1) is 27.4. The van der Waals surface area contributed by atoms with E-state index in [4.69, 9.17) is 0 Å². The van der Waals surface area contributed by atoms with E-state index in [0.29, 0.717) is 17.1 Å². The van der Waals surface area contributed by atoms with Gasteiger partial charge < -0.3 is 15.3 Å². The number of para-hydroxylation sites is 3. The highest BCUT2D eigenvalue weighted by Gasteiger charge is 2.44. The molecule has 0 aliphatic carbocycles. The van der Waals surface area contributed by atoms with Crippen molar-refractivity contribution < 1.29 is 24.3 Å². The molecule has 2 atom stereocenters. The number of carbonyl (C=O) groups excluding carboxylic acids is 3.